The number of carbonyl (C=O) groups is 1. The van der Waals surface area contributed by atoms with E-state index in [1.54, 1.807) is 13.8 Å². The first-order chi connectivity index (χ1) is 8.68. The maximum Gasteiger partial charge on any atom is 0.234 e. The summed E-state index contributed by atoms with van der Waals surface area (Å²) in [6.07, 6.45) is 1.11. The zero-order valence-corrected chi connectivity index (χ0v) is 12.6. The maximum atomic E-state index is 11.8. The summed E-state index contributed by atoms with van der Waals surface area (Å²) in [5.41, 5.74) is -0.688. The molecule has 0 aromatic rings. The van der Waals surface area contributed by atoms with Crippen molar-refractivity contribution in [3.05, 3.63) is 0 Å². The Morgan fingerprint density at radius 1 is 1.32 bits per heavy atom. The number of hydrogen-bond acceptors (Lipinski definition) is 5. The Balaban J connectivity index is 2.32. The lowest BCUT2D eigenvalue weighted by atomic mass is 10.1. The number of amides is 1. The molecule has 0 spiro atoms. The van der Waals surface area contributed by atoms with Crippen LogP contribution in [0.2, 0.25) is 0 Å². The zero-order chi connectivity index (χ0) is 14.5. The third kappa shape index (κ3) is 7.46. The van der Waals surface area contributed by atoms with Crippen LogP contribution in [0.4, 0.5) is 0 Å². The first-order valence-electron chi connectivity index (χ1n) is 6.37. The van der Waals surface area contributed by atoms with Gasteiger partial charge in [0.05, 0.1) is 12.8 Å². The van der Waals surface area contributed by atoms with Crippen LogP contribution < -0.4 is 15.4 Å². The Bertz CT molecular complexity index is 402. The van der Waals surface area contributed by atoms with Crippen LogP contribution in [0.3, 0.4) is 0 Å². The molecular weight excluding hydrogens is 268 g/mol. The molecule has 1 aliphatic heterocycles. The van der Waals surface area contributed by atoms with E-state index in [0.29, 0.717) is 6.54 Å². The van der Waals surface area contributed by atoms with Crippen molar-refractivity contribution in [1.82, 2.24) is 20.3 Å². The van der Waals surface area contributed by atoms with Gasteiger partial charge in [0.1, 0.15) is 0 Å². The van der Waals surface area contributed by atoms with Gasteiger partial charge in [0.15, 0.2) is 0 Å². The molecule has 0 bridgehead atoms. The monoisotopic (exact) mass is 292 g/mol. The van der Waals surface area contributed by atoms with Gasteiger partial charge in [-0.15, -0.1) is 0 Å². The topological polar surface area (TPSA) is 90.5 Å². The van der Waals surface area contributed by atoms with Crippen LogP contribution >= 0.6 is 0 Å². The van der Waals surface area contributed by atoms with Gasteiger partial charge in [0.25, 0.3) is 0 Å². The number of nitrogens with one attached hydrogen (secondary N) is 3. The smallest absolute Gasteiger partial charge is 0.234 e. The van der Waals surface area contributed by atoms with Crippen molar-refractivity contribution >= 4 is 15.9 Å². The summed E-state index contributed by atoms with van der Waals surface area (Å²) >= 11 is 0. The third-order valence-electron chi connectivity index (χ3n) is 2.77. The van der Waals surface area contributed by atoms with Gasteiger partial charge in [-0.05, 0) is 13.8 Å². The van der Waals surface area contributed by atoms with Crippen LogP contribution in [0.1, 0.15) is 13.8 Å². The molecule has 1 heterocycles. The van der Waals surface area contributed by atoms with Gasteiger partial charge in [-0.25, -0.2) is 13.1 Å². The Labute approximate surface area is 115 Å². The lowest BCUT2D eigenvalue weighted by Crippen LogP contribution is -2.53. The molecule has 0 aliphatic carbocycles. The fourth-order valence-corrected chi connectivity index (χ4v) is 3.06. The molecule has 0 aromatic heterocycles. The van der Waals surface area contributed by atoms with Crippen molar-refractivity contribution in [1.29, 1.82) is 0 Å². The molecule has 1 saturated heterocycles. The molecule has 1 amide bonds. The van der Waals surface area contributed by atoms with Gasteiger partial charge in [-0.3, -0.25) is 9.69 Å². The third-order valence-corrected chi connectivity index (χ3v) is 3.69. The maximum absolute atomic E-state index is 11.8. The second kappa shape index (κ2) is 6.65. The van der Waals surface area contributed by atoms with Gasteiger partial charge in [-0.1, -0.05) is 0 Å². The predicted molar refractivity (Wildman–Crippen MR) is 74.4 cm³/mol. The fraction of sp³-hybridized carbons (Fsp3) is 0.909. The number of piperazine rings is 1. The van der Waals surface area contributed by atoms with E-state index >= 15 is 0 Å². The quantitative estimate of drug-likeness (QED) is 0.545. The first-order valence-corrected chi connectivity index (χ1v) is 8.26. The van der Waals surface area contributed by atoms with Crippen LogP contribution in [0.5, 0.6) is 0 Å². The van der Waals surface area contributed by atoms with E-state index in [-0.39, 0.29) is 12.5 Å². The van der Waals surface area contributed by atoms with E-state index in [1.165, 1.54) is 0 Å². The number of hydrogen-bond donors (Lipinski definition) is 3. The largest absolute Gasteiger partial charge is 0.353 e. The highest BCUT2D eigenvalue weighted by atomic mass is 32.2. The highest BCUT2D eigenvalue weighted by Gasteiger charge is 2.23. The molecule has 0 atom stereocenters. The minimum Gasteiger partial charge on any atom is -0.353 e. The van der Waals surface area contributed by atoms with Crippen LogP contribution in [-0.2, 0) is 14.8 Å². The predicted octanol–water partition coefficient (Wildman–Crippen LogP) is -1.66. The number of rotatable bonds is 6. The zero-order valence-electron chi connectivity index (χ0n) is 11.8. The van der Waals surface area contributed by atoms with Gasteiger partial charge in [0, 0.05) is 38.3 Å². The number of carbonyl (C=O) groups excluding carboxylic acids is 1. The molecular formula is C11H24N4O3S. The van der Waals surface area contributed by atoms with E-state index in [1.807, 2.05) is 0 Å². The molecule has 19 heavy (non-hydrogen) atoms. The highest BCUT2D eigenvalue weighted by molar-refractivity contribution is 7.88. The number of nitrogens with zero attached hydrogens (tertiary/aromatic N) is 1. The average molecular weight is 292 g/mol. The molecule has 112 valence electrons. The summed E-state index contributed by atoms with van der Waals surface area (Å²) < 4.78 is 24.8. The Hall–Kier alpha value is -0.700. The summed E-state index contributed by atoms with van der Waals surface area (Å²) in [5.74, 6) is -0.0784. The van der Waals surface area contributed by atoms with Crippen molar-refractivity contribution in [2.75, 3.05) is 45.5 Å². The van der Waals surface area contributed by atoms with Gasteiger partial charge >= 0.3 is 0 Å². The van der Waals surface area contributed by atoms with Crippen LogP contribution in [-0.4, -0.2) is 70.3 Å². The molecule has 0 saturated carbocycles. The van der Waals surface area contributed by atoms with Crippen LogP contribution in [0.25, 0.3) is 0 Å². The highest BCUT2D eigenvalue weighted by Crippen LogP contribution is 2.02. The Morgan fingerprint density at radius 3 is 2.42 bits per heavy atom. The van der Waals surface area contributed by atoms with Crippen molar-refractivity contribution in [3.8, 4) is 0 Å². The summed E-state index contributed by atoms with van der Waals surface area (Å²) in [7, 11) is -3.28. The molecule has 1 aliphatic rings. The first kappa shape index (κ1) is 16.4. The van der Waals surface area contributed by atoms with Crippen LogP contribution in [0, 0.1) is 0 Å². The van der Waals surface area contributed by atoms with Crippen molar-refractivity contribution in [3.63, 3.8) is 0 Å². The molecule has 0 radical (unpaired) electrons. The van der Waals surface area contributed by atoms with E-state index in [0.717, 1.165) is 32.4 Å². The Kier molecular flexibility index (Phi) is 5.72. The lowest BCUT2D eigenvalue weighted by molar-refractivity contribution is -0.122. The average Bonchev–Trinajstić information content (AvgIpc) is 2.25. The number of sulfonamides is 1. The standard InChI is InChI=1S/C11H24N4O3S/c1-11(2,14-19(3,17)18)9-13-10(16)8-15-6-4-12-5-7-15/h12,14H,4-9H2,1-3H3,(H,13,16). The summed E-state index contributed by atoms with van der Waals surface area (Å²) in [6.45, 7) is 7.61. The summed E-state index contributed by atoms with van der Waals surface area (Å²) in [4.78, 5) is 13.8. The van der Waals surface area contributed by atoms with Gasteiger partial charge in [0.2, 0.25) is 15.9 Å². The second-order valence-electron chi connectivity index (χ2n) is 5.56. The molecule has 8 heteroatoms. The minimum absolute atomic E-state index is 0.0784. The van der Waals surface area contributed by atoms with Gasteiger partial charge in [-0.2, -0.15) is 0 Å². The van der Waals surface area contributed by atoms with E-state index in [4.69, 9.17) is 0 Å². The molecule has 0 unspecified atom stereocenters. The second-order valence-corrected chi connectivity index (χ2v) is 7.31. The molecule has 3 N–H and O–H groups in total. The minimum atomic E-state index is -3.28. The van der Waals surface area contributed by atoms with Gasteiger partial charge < -0.3 is 10.6 Å². The fourth-order valence-electron chi connectivity index (χ4n) is 1.99. The van der Waals surface area contributed by atoms with E-state index in [2.05, 4.69) is 20.3 Å². The summed E-state index contributed by atoms with van der Waals surface area (Å²) in [5, 5.41) is 5.98. The molecule has 0 aromatic carbocycles. The van der Waals surface area contributed by atoms with Crippen LogP contribution in [0.15, 0.2) is 0 Å². The lowest BCUT2D eigenvalue weighted by Gasteiger charge is -2.28. The summed E-state index contributed by atoms with van der Waals surface area (Å²) in [6, 6.07) is 0. The Morgan fingerprint density at radius 2 is 1.89 bits per heavy atom. The van der Waals surface area contributed by atoms with Crippen molar-refractivity contribution in [2.45, 2.75) is 19.4 Å². The molecule has 1 rings (SSSR count). The SMILES string of the molecule is CC(C)(CNC(=O)CN1CCNCC1)NS(C)(=O)=O. The molecule has 1 fully saturated rings. The molecule has 7 nitrogen and oxygen atoms in total. The van der Waals surface area contributed by atoms with E-state index in [9.17, 15) is 13.2 Å². The van der Waals surface area contributed by atoms with Crippen molar-refractivity contribution < 1.29 is 13.2 Å². The van der Waals surface area contributed by atoms with E-state index < -0.39 is 15.6 Å². The normalized spacial score (nSPS) is 18.3. The van der Waals surface area contributed by atoms with Crippen molar-refractivity contribution in [2.24, 2.45) is 0 Å².